The monoisotopic (exact) mass is 452 g/mol. The largest absolute Gasteiger partial charge is 0.491 e. The molecule has 6 nitrogen and oxygen atoms in total. The minimum absolute atomic E-state index is 0.0899. The van der Waals surface area contributed by atoms with Crippen molar-refractivity contribution in [2.75, 3.05) is 50.8 Å². The molecule has 0 saturated carbocycles. The third-order valence-electron chi connectivity index (χ3n) is 5.19. The van der Waals surface area contributed by atoms with Gasteiger partial charge in [-0.3, -0.25) is 4.90 Å². The van der Waals surface area contributed by atoms with Crippen LogP contribution in [0.25, 0.3) is 0 Å². The van der Waals surface area contributed by atoms with Crippen LogP contribution in [-0.2, 0) is 10.9 Å². The first kappa shape index (κ1) is 23.9. The van der Waals surface area contributed by atoms with Crippen LogP contribution in [0.5, 0.6) is 5.75 Å². The number of alkyl halides is 3. The van der Waals surface area contributed by atoms with Crippen LogP contribution in [0.2, 0.25) is 0 Å². The van der Waals surface area contributed by atoms with Crippen molar-refractivity contribution in [3.8, 4) is 5.75 Å². The van der Waals surface area contributed by atoms with E-state index < -0.39 is 23.8 Å². The fourth-order valence-electron chi connectivity index (χ4n) is 3.51. The lowest BCUT2D eigenvalue weighted by atomic mass is 10.1. The number of ether oxygens (including phenoxy) is 2. The predicted octanol–water partition coefficient (Wildman–Crippen LogP) is 3.44. The smallest absolute Gasteiger partial charge is 0.416 e. The van der Waals surface area contributed by atoms with Gasteiger partial charge in [-0.25, -0.2) is 4.79 Å². The molecule has 9 heteroatoms. The number of nitrogens with zero attached hydrogens (tertiary/aromatic N) is 2. The van der Waals surface area contributed by atoms with E-state index in [9.17, 15) is 23.1 Å². The van der Waals surface area contributed by atoms with Crippen LogP contribution in [0.4, 0.5) is 18.9 Å². The van der Waals surface area contributed by atoms with Gasteiger partial charge < -0.3 is 19.5 Å². The summed E-state index contributed by atoms with van der Waals surface area (Å²) < 4.78 is 49.3. The molecule has 1 atom stereocenters. The molecule has 1 aliphatic heterocycles. The fourth-order valence-corrected chi connectivity index (χ4v) is 3.51. The Hall–Kier alpha value is -2.78. The van der Waals surface area contributed by atoms with Crippen LogP contribution in [0.1, 0.15) is 22.8 Å². The van der Waals surface area contributed by atoms with Gasteiger partial charge in [0.25, 0.3) is 0 Å². The van der Waals surface area contributed by atoms with Gasteiger partial charge >= 0.3 is 12.1 Å². The number of hydrogen-bond donors (Lipinski definition) is 1. The van der Waals surface area contributed by atoms with E-state index in [0.717, 1.165) is 6.07 Å². The number of anilines is 1. The molecule has 0 radical (unpaired) electrons. The van der Waals surface area contributed by atoms with E-state index in [1.807, 2.05) is 4.90 Å². The lowest BCUT2D eigenvalue weighted by Gasteiger charge is -2.37. The standard InChI is InChI=1S/C23H27F3N2O4/c1-2-31-22(30)17-6-8-21(9-7-17)32-16-20(29)15-27-10-12-28(13-11-27)19-5-3-4-18(14-19)23(24,25)26/h3-9,14,20,29H,2,10-13,15-16H2,1H3. The Balaban J connectivity index is 1.43. The first-order valence-corrected chi connectivity index (χ1v) is 10.5. The quantitative estimate of drug-likeness (QED) is 0.620. The summed E-state index contributed by atoms with van der Waals surface area (Å²) in [4.78, 5) is 15.6. The van der Waals surface area contributed by atoms with Crippen molar-refractivity contribution in [1.82, 2.24) is 4.90 Å². The molecular formula is C23H27F3N2O4. The summed E-state index contributed by atoms with van der Waals surface area (Å²) in [5, 5.41) is 10.3. The molecule has 2 aromatic rings. The maximum absolute atomic E-state index is 12.9. The highest BCUT2D eigenvalue weighted by Crippen LogP contribution is 2.31. The molecule has 1 saturated heterocycles. The van der Waals surface area contributed by atoms with Crippen LogP contribution in [-0.4, -0.2) is 68.0 Å². The van der Waals surface area contributed by atoms with Crippen molar-refractivity contribution >= 4 is 11.7 Å². The molecule has 1 aliphatic rings. The molecule has 1 heterocycles. The lowest BCUT2D eigenvalue weighted by molar-refractivity contribution is -0.137. The molecule has 1 unspecified atom stereocenters. The average Bonchev–Trinajstić information content (AvgIpc) is 2.78. The van der Waals surface area contributed by atoms with Crippen LogP contribution in [0, 0.1) is 0 Å². The molecule has 1 N–H and O–H groups in total. The number of piperazine rings is 1. The lowest BCUT2D eigenvalue weighted by Crippen LogP contribution is -2.49. The van der Waals surface area contributed by atoms with Gasteiger partial charge in [-0.1, -0.05) is 6.07 Å². The minimum atomic E-state index is -4.36. The highest BCUT2D eigenvalue weighted by atomic mass is 19.4. The van der Waals surface area contributed by atoms with E-state index in [-0.39, 0.29) is 6.61 Å². The molecule has 0 amide bonds. The maximum atomic E-state index is 12.9. The third-order valence-corrected chi connectivity index (χ3v) is 5.19. The molecular weight excluding hydrogens is 425 g/mol. The van der Waals surface area contributed by atoms with Crippen LogP contribution in [0.3, 0.4) is 0 Å². The Labute approximate surface area is 185 Å². The van der Waals surface area contributed by atoms with Gasteiger partial charge in [0.15, 0.2) is 0 Å². The number of benzene rings is 2. The second-order valence-electron chi connectivity index (χ2n) is 7.55. The second kappa shape index (κ2) is 10.7. The van der Waals surface area contributed by atoms with E-state index >= 15 is 0 Å². The summed E-state index contributed by atoms with van der Waals surface area (Å²) in [5.74, 6) is 0.134. The summed E-state index contributed by atoms with van der Waals surface area (Å²) in [6, 6.07) is 11.8. The van der Waals surface area contributed by atoms with Crippen molar-refractivity contribution in [2.45, 2.75) is 19.2 Å². The third kappa shape index (κ3) is 6.61. The Morgan fingerprint density at radius 2 is 1.78 bits per heavy atom. The highest BCUT2D eigenvalue weighted by Gasteiger charge is 2.31. The average molecular weight is 452 g/mol. The number of carbonyl (C=O) groups excluding carboxylic acids is 1. The van der Waals surface area contributed by atoms with Gasteiger partial charge in [-0.05, 0) is 49.4 Å². The fraction of sp³-hybridized carbons (Fsp3) is 0.435. The van der Waals surface area contributed by atoms with Crippen molar-refractivity contribution < 1.29 is 32.5 Å². The molecule has 0 spiro atoms. The van der Waals surface area contributed by atoms with Crippen LogP contribution in [0.15, 0.2) is 48.5 Å². The number of hydrogen-bond acceptors (Lipinski definition) is 6. The van der Waals surface area contributed by atoms with Crippen LogP contribution >= 0.6 is 0 Å². The zero-order valence-electron chi connectivity index (χ0n) is 17.8. The molecule has 174 valence electrons. The number of aliphatic hydroxyl groups is 1. The molecule has 0 bridgehead atoms. The maximum Gasteiger partial charge on any atom is 0.416 e. The van der Waals surface area contributed by atoms with Gasteiger partial charge in [0.05, 0.1) is 17.7 Å². The van der Waals surface area contributed by atoms with Gasteiger partial charge in [-0.15, -0.1) is 0 Å². The summed E-state index contributed by atoms with van der Waals surface area (Å²) >= 11 is 0. The zero-order chi connectivity index (χ0) is 23.1. The Morgan fingerprint density at radius 1 is 1.09 bits per heavy atom. The van der Waals surface area contributed by atoms with E-state index in [1.54, 1.807) is 37.3 Å². The Bertz CT molecular complexity index is 882. The van der Waals surface area contributed by atoms with Crippen LogP contribution < -0.4 is 9.64 Å². The number of aliphatic hydroxyl groups excluding tert-OH is 1. The van der Waals surface area contributed by atoms with Crippen molar-refractivity contribution in [3.05, 3.63) is 59.7 Å². The van der Waals surface area contributed by atoms with E-state index in [0.29, 0.717) is 56.3 Å². The summed E-state index contributed by atoms with van der Waals surface area (Å²) in [7, 11) is 0. The normalized spacial score (nSPS) is 16.0. The minimum Gasteiger partial charge on any atom is -0.491 e. The molecule has 1 fully saturated rings. The second-order valence-corrected chi connectivity index (χ2v) is 7.55. The van der Waals surface area contributed by atoms with Gasteiger partial charge in [-0.2, -0.15) is 13.2 Å². The number of β-amino-alcohol motifs (C(OH)–C–C–N with tert-alkyl or cyclic N) is 1. The molecule has 0 aliphatic carbocycles. The Kier molecular flexibility index (Phi) is 7.98. The summed E-state index contributed by atoms with van der Waals surface area (Å²) in [5.41, 5.74) is 0.327. The SMILES string of the molecule is CCOC(=O)c1ccc(OCC(O)CN2CCN(c3cccc(C(F)(F)F)c3)CC2)cc1. The van der Waals surface area contributed by atoms with Gasteiger partial charge in [0.1, 0.15) is 18.5 Å². The number of rotatable bonds is 8. The van der Waals surface area contributed by atoms with Crippen molar-refractivity contribution in [2.24, 2.45) is 0 Å². The first-order valence-electron chi connectivity index (χ1n) is 10.5. The molecule has 3 rings (SSSR count). The number of halogens is 3. The van der Waals surface area contributed by atoms with Gasteiger partial charge in [0, 0.05) is 38.4 Å². The van der Waals surface area contributed by atoms with Crippen molar-refractivity contribution in [1.29, 1.82) is 0 Å². The summed E-state index contributed by atoms with van der Waals surface area (Å²) in [6.45, 7) is 4.93. The molecule has 0 aromatic heterocycles. The van der Waals surface area contributed by atoms with E-state index in [4.69, 9.17) is 9.47 Å². The van der Waals surface area contributed by atoms with E-state index in [2.05, 4.69) is 4.90 Å². The topological polar surface area (TPSA) is 62.2 Å². The number of esters is 1. The predicted molar refractivity (Wildman–Crippen MR) is 114 cm³/mol. The number of carbonyl (C=O) groups is 1. The van der Waals surface area contributed by atoms with Crippen molar-refractivity contribution in [3.63, 3.8) is 0 Å². The first-order chi connectivity index (χ1) is 15.3. The Morgan fingerprint density at radius 3 is 2.41 bits per heavy atom. The summed E-state index contributed by atoms with van der Waals surface area (Å²) in [6.07, 6.45) is -5.08. The molecule has 2 aromatic carbocycles. The van der Waals surface area contributed by atoms with Gasteiger partial charge in [0.2, 0.25) is 0 Å². The zero-order valence-corrected chi connectivity index (χ0v) is 17.8. The highest BCUT2D eigenvalue weighted by molar-refractivity contribution is 5.89. The van der Waals surface area contributed by atoms with E-state index in [1.165, 1.54) is 12.1 Å². The molecule has 32 heavy (non-hydrogen) atoms.